The van der Waals surface area contributed by atoms with Crippen LogP contribution in [0.15, 0.2) is 48.5 Å². The summed E-state index contributed by atoms with van der Waals surface area (Å²) in [5.74, 6) is -0.801. The van der Waals surface area contributed by atoms with Gasteiger partial charge in [-0.05, 0) is 29.7 Å². The number of benzene rings is 2. The number of carbonyl (C=O) groups excluding carboxylic acids is 2. The van der Waals surface area contributed by atoms with Gasteiger partial charge < -0.3 is 5.32 Å². The molecule has 0 fully saturated rings. The monoisotopic (exact) mass is 300 g/mol. The topological polar surface area (TPSA) is 58.2 Å². The zero-order valence-electron chi connectivity index (χ0n) is 12.2. The number of urea groups is 1. The van der Waals surface area contributed by atoms with Crippen molar-refractivity contribution >= 4 is 17.6 Å². The van der Waals surface area contributed by atoms with Crippen LogP contribution in [0, 0.1) is 5.82 Å². The first-order valence-electron chi connectivity index (χ1n) is 7.01. The molecule has 2 aromatic rings. The number of halogens is 1. The van der Waals surface area contributed by atoms with Crippen LogP contribution in [0.25, 0.3) is 0 Å². The lowest BCUT2D eigenvalue weighted by atomic mass is 10.1. The van der Waals surface area contributed by atoms with Gasteiger partial charge in [0.15, 0.2) is 0 Å². The molecule has 0 radical (unpaired) electrons. The highest BCUT2D eigenvalue weighted by atomic mass is 19.1. The normalized spacial score (nSPS) is 10.1. The first-order chi connectivity index (χ1) is 10.6. The van der Waals surface area contributed by atoms with Gasteiger partial charge in [-0.25, -0.2) is 9.18 Å². The molecule has 0 aliphatic heterocycles. The Labute approximate surface area is 128 Å². The SMILES string of the molecule is CCc1ccc(NC(=O)NC(=O)Cc2ccccc2)cc1F. The molecule has 0 bridgehead atoms. The zero-order valence-corrected chi connectivity index (χ0v) is 12.2. The summed E-state index contributed by atoms with van der Waals surface area (Å²) in [7, 11) is 0. The summed E-state index contributed by atoms with van der Waals surface area (Å²) in [6.45, 7) is 1.85. The fraction of sp³-hybridized carbons (Fsp3) is 0.176. The van der Waals surface area contributed by atoms with Gasteiger partial charge in [0.05, 0.1) is 6.42 Å². The van der Waals surface area contributed by atoms with E-state index in [1.54, 1.807) is 24.3 Å². The second kappa shape index (κ2) is 7.36. The van der Waals surface area contributed by atoms with Gasteiger partial charge in [-0.2, -0.15) is 0 Å². The molecule has 5 heteroatoms. The Balaban J connectivity index is 1.90. The van der Waals surface area contributed by atoms with Crippen molar-refractivity contribution in [1.82, 2.24) is 5.32 Å². The molecule has 2 N–H and O–H groups in total. The standard InChI is InChI=1S/C17H17FN2O2/c1-2-13-8-9-14(11-15(13)18)19-17(22)20-16(21)10-12-6-4-3-5-7-12/h3-9,11H,2,10H2,1H3,(H2,19,20,21,22). The van der Waals surface area contributed by atoms with Crippen LogP contribution in [0.3, 0.4) is 0 Å². The molecule has 0 atom stereocenters. The molecule has 0 spiro atoms. The minimum absolute atomic E-state index is 0.109. The van der Waals surface area contributed by atoms with Crippen molar-refractivity contribution in [3.8, 4) is 0 Å². The first kappa shape index (κ1) is 15.7. The summed E-state index contributed by atoms with van der Waals surface area (Å²) in [6, 6.07) is 12.9. The van der Waals surface area contributed by atoms with E-state index in [1.807, 2.05) is 25.1 Å². The Kier molecular flexibility index (Phi) is 5.25. The van der Waals surface area contributed by atoms with Crippen LogP contribution in [0.2, 0.25) is 0 Å². The van der Waals surface area contributed by atoms with Crippen molar-refractivity contribution in [2.45, 2.75) is 19.8 Å². The number of amides is 3. The summed E-state index contributed by atoms with van der Waals surface area (Å²) in [5.41, 5.74) is 1.69. The van der Waals surface area contributed by atoms with Crippen molar-refractivity contribution in [2.24, 2.45) is 0 Å². The van der Waals surface area contributed by atoms with Crippen LogP contribution in [0.4, 0.5) is 14.9 Å². The third-order valence-corrected chi connectivity index (χ3v) is 3.15. The molecule has 22 heavy (non-hydrogen) atoms. The highest BCUT2D eigenvalue weighted by molar-refractivity contribution is 6.01. The molecule has 0 heterocycles. The van der Waals surface area contributed by atoms with Crippen LogP contribution < -0.4 is 10.6 Å². The molecule has 3 amide bonds. The Bertz CT molecular complexity index is 672. The maximum absolute atomic E-state index is 13.6. The number of nitrogens with one attached hydrogen (secondary N) is 2. The van der Waals surface area contributed by atoms with Crippen LogP contribution in [-0.4, -0.2) is 11.9 Å². The molecule has 2 rings (SSSR count). The zero-order chi connectivity index (χ0) is 15.9. The number of rotatable bonds is 4. The first-order valence-corrected chi connectivity index (χ1v) is 7.01. The van der Waals surface area contributed by atoms with Crippen molar-refractivity contribution in [3.05, 3.63) is 65.5 Å². The van der Waals surface area contributed by atoms with Crippen molar-refractivity contribution in [2.75, 3.05) is 5.32 Å². The minimum Gasteiger partial charge on any atom is -0.308 e. The van der Waals surface area contributed by atoms with Crippen molar-refractivity contribution in [3.63, 3.8) is 0 Å². The number of anilines is 1. The number of aryl methyl sites for hydroxylation is 1. The summed E-state index contributed by atoms with van der Waals surface area (Å²) in [6.07, 6.45) is 0.686. The lowest BCUT2D eigenvalue weighted by Gasteiger charge is -2.08. The van der Waals surface area contributed by atoms with E-state index < -0.39 is 11.9 Å². The van der Waals surface area contributed by atoms with Crippen LogP contribution in [0.5, 0.6) is 0 Å². The second-order valence-electron chi connectivity index (χ2n) is 4.82. The molecule has 0 saturated heterocycles. The second-order valence-corrected chi connectivity index (χ2v) is 4.82. The quantitative estimate of drug-likeness (QED) is 0.910. The average Bonchev–Trinajstić information content (AvgIpc) is 2.48. The molecule has 0 saturated carbocycles. The van der Waals surface area contributed by atoms with Crippen molar-refractivity contribution < 1.29 is 14.0 Å². The van der Waals surface area contributed by atoms with Gasteiger partial charge in [-0.15, -0.1) is 0 Å². The Morgan fingerprint density at radius 1 is 1.09 bits per heavy atom. The summed E-state index contributed by atoms with van der Waals surface area (Å²) in [5, 5.41) is 4.65. The van der Waals surface area contributed by atoms with Crippen LogP contribution in [0.1, 0.15) is 18.1 Å². The molecule has 0 aliphatic rings. The maximum atomic E-state index is 13.6. The molecule has 2 aromatic carbocycles. The van der Waals surface area contributed by atoms with Gasteiger partial charge >= 0.3 is 6.03 Å². The molecule has 0 aliphatic carbocycles. The third-order valence-electron chi connectivity index (χ3n) is 3.15. The van der Waals surface area contributed by atoms with Gasteiger partial charge in [0.25, 0.3) is 0 Å². The maximum Gasteiger partial charge on any atom is 0.325 e. The average molecular weight is 300 g/mol. The lowest BCUT2D eigenvalue weighted by molar-refractivity contribution is -0.119. The fourth-order valence-corrected chi connectivity index (χ4v) is 2.03. The number of imide groups is 1. The fourth-order valence-electron chi connectivity index (χ4n) is 2.03. The predicted molar refractivity (Wildman–Crippen MR) is 83.1 cm³/mol. The Hall–Kier alpha value is -2.69. The number of hydrogen-bond acceptors (Lipinski definition) is 2. The molecule has 0 unspecified atom stereocenters. The van der Waals surface area contributed by atoms with E-state index >= 15 is 0 Å². The molecule has 4 nitrogen and oxygen atoms in total. The molecule has 0 aromatic heterocycles. The van der Waals surface area contributed by atoms with Crippen LogP contribution >= 0.6 is 0 Å². The largest absolute Gasteiger partial charge is 0.325 e. The highest BCUT2D eigenvalue weighted by Crippen LogP contribution is 2.14. The Morgan fingerprint density at radius 2 is 1.82 bits per heavy atom. The summed E-state index contributed by atoms with van der Waals surface area (Å²) >= 11 is 0. The minimum atomic E-state index is -0.676. The van der Waals surface area contributed by atoms with Gasteiger partial charge in [-0.1, -0.05) is 43.3 Å². The van der Waals surface area contributed by atoms with E-state index in [9.17, 15) is 14.0 Å². The third kappa shape index (κ3) is 4.41. The van der Waals surface area contributed by atoms with Gasteiger partial charge in [0, 0.05) is 5.69 Å². The predicted octanol–water partition coefficient (Wildman–Crippen LogP) is 3.28. The molecular formula is C17H17FN2O2. The van der Waals surface area contributed by atoms with Gasteiger partial charge in [-0.3, -0.25) is 10.1 Å². The van der Waals surface area contributed by atoms with E-state index in [-0.39, 0.29) is 12.2 Å². The van der Waals surface area contributed by atoms with E-state index in [4.69, 9.17) is 0 Å². The smallest absolute Gasteiger partial charge is 0.308 e. The van der Waals surface area contributed by atoms with Crippen LogP contribution in [-0.2, 0) is 17.6 Å². The number of hydrogen-bond donors (Lipinski definition) is 2. The van der Waals surface area contributed by atoms with E-state index in [0.717, 1.165) is 5.56 Å². The van der Waals surface area contributed by atoms with E-state index in [2.05, 4.69) is 10.6 Å². The van der Waals surface area contributed by atoms with E-state index in [0.29, 0.717) is 17.7 Å². The van der Waals surface area contributed by atoms with E-state index in [1.165, 1.54) is 6.07 Å². The molecular weight excluding hydrogens is 283 g/mol. The lowest BCUT2D eigenvalue weighted by Crippen LogP contribution is -2.35. The van der Waals surface area contributed by atoms with Gasteiger partial charge in [0.1, 0.15) is 5.82 Å². The van der Waals surface area contributed by atoms with Gasteiger partial charge in [0.2, 0.25) is 5.91 Å². The number of carbonyl (C=O) groups is 2. The Morgan fingerprint density at radius 3 is 2.45 bits per heavy atom. The summed E-state index contributed by atoms with van der Waals surface area (Å²) in [4.78, 5) is 23.4. The molecule has 114 valence electrons. The highest BCUT2D eigenvalue weighted by Gasteiger charge is 2.09. The van der Waals surface area contributed by atoms with Crippen molar-refractivity contribution in [1.29, 1.82) is 0 Å². The summed E-state index contributed by atoms with van der Waals surface area (Å²) < 4.78 is 13.6.